The molecule has 0 atom stereocenters. The summed E-state index contributed by atoms with van der Waals surface area (Å²) in [4.78, 5) is 14.6. The highest BCUT2D eigenvalue weighted by Gasteiger charge is 1.95. The molecular formula is C9H11N3O2. The van der Waals surface area contributed by atoms with Crippen LogP contribution in [0.5, 0.6) is 0 Å². The highest BCUT2D eigenvalue weighted by Crippen LogP contribution is 2.16. The highest BCUT2D eigenvalue weighted by atomic mass is 16.5. The molecule has 1 aromatic rings. The van der Waals surface area contributed by atoms with Crippen molar-refractivity contribution in [1.29, 1.82) is 0 Å². The third kappa shape index (κ3) is 3.24. The van der Waals surface area contributed by atoms with E-state index in [1.807, 2.05) is 0 Å². The normalized spacial score (nSPS) is 10.1. The summed E-state index contributed by atoms with van der Waals surface area (Å²) in [6.45, 7) is 1.44. The fourth-order valence-electron chi connectivity index (χ4n) is 0.971. The quantitative estimate of drug-likeness (QED) is 0.384. The van der Waals surface area contributed by atoms with Gasteiger partial charge in [0, 0.05) is 12.6 Å². The Morgan fingerprint density at radius 1 is 1.57 bits per heavy atom. The Balaban J connectivity index is 2.78. The van der Waals surface area contributed by atoms with Crippen molar-refractivity contribution in [2.45, 2.75) is 6.92 Å². The van der Waals surface area contributed by atoms with Gasteiger partial charge in [0.05, 0.1) is 5.69 Å². The maximum absolute atomic E-state index is 10.7. The van der Waals surface area contributed by atoms with Gasteiger partial charge in [-0.15, -0.1) is 0 Å². The Labute approximate surface area is 81.4 Å². The first-order valence-electron chi connectivity index (χ1n) is 4.02. The molecule has 0 heterocycles. The topological polar surface area (TPSA) is 73.7 Å². The molecule has 0 aliphatic rings. The Kier molecular flexibility index (Phi) is 3.63. The number of benzene rings is 1. The lowest BCUT2D eigenvalue weighted by atomic mass is 10.3. The SMILES string of the molecule is CC(=O)Nc1cccc(N=CNO)c1. The minimum absolute atomic E-state index is 0.133. The van der Waals surface area contributed by atoms with Gasteiger partial charge in [0.15, 0.2) is 0 Å². The zero-order chi connectivity index (χ0) is 10.4. The minimum Gasteiger partial charge on any atom is -0.326 e. The zero-order valence-electron chi connectivity index (χ0n) is 7.69. The molecule has 0 saturated heterocycles. The van der Waals surface area contributed by atoms with Crippen LogP contribution in [-0.4, -0.2) is 17.5 Å². The van der Waals surface area contributed by atoms with Crippen LogP contribution in [0, 0.1) is 0 Å². The molecule has 0 aliphatic carbocycles. The van der Waals surface area contributed by atoms with Gasteiger partial charge >= 0.3 is 0 Å². The van der Waals surface area contributed by atoms with Crippen LogP contribution in [0.1, 0.15) is 6.92 Å². The van der Waals surface area contributed by atoms with Crippen LogP contribution in [0.2, 0.25) is 0 Å². The van der Waals surface area contributed by atoms with E-state index in [0.717, 1.165) is 6.34 Å². The molecule has 0 spiro atoms. The van der Waals surface area contributed by atoms with Crippen molar-refractivity contribution in [3.63, 3.8) is 0 Å². The van der Waals surface area contributed by atoms with Crippen LogP contribution >= 0.6 is 0 Å². The smallest absolute Gasteiger partial charge is 0.221 e. The zero-order valence-corrected chi connectivity index (χ0v) is 7.69. The van der Waals surface area contributed by atoms with Crippen molar-refractivity contribution in [3.8, 4) is 0 Å². The number of carbonyl (C=O) groups excluding carboxylic acids is 1. The molecule has 5 heteroatoms. The van der Waals surface area contributed by atoms with E-state index in [0.29, 0.717) is 11.4 Å². The lowest BCUT2D eigenvalue weighted by Gasteiger charge is -2.01. The van der Waals surface area contributed by atoms with Crippen LogP contribution in [-0.2, 0) is 4.79 Å². The summed E-state index contributed by atoms with van der Waals surface area (Å²) >= 11 is 0. The van der Waals surface area contributed by atoms with E-state index in [2.05, 4.69) is 10.3 Å². The number of nitrogens with one attached hydrogen (secondary N) is 2. The van der Waals surface area contributed by atoms with E-state index < -0.39 is 0 Å². The molecule has 0 radical (unpaired) electrons. The summed E-state index contributed by atoms with van der Waals surface area (Å²) < 4.78 is 0. The third-order valence-electron chi connectivity index (χ3n) is 1.44. The van der Waals surface area contributed by atoms with E-state index in [1.165, 1.54) is 6.92 Å². The molecule has 14 heavy (non-hydrogen) atoms. The van der Waals surface area contributed by atoms with Gasteiger partial charge < -0.3 is 5.32 Å². The van der Waals surface area contributed by atoms with Crippen LogP contribution in [0.3, 0.4) is 0 Å². The molecular weight excluding hydrogens is 182 g/mol. The van der Waals surface area contributed by atoms with E-state index in [9.17, 15) is 4.79 Å². The number of hydroxylamine groups is 1. The maximum atomic E-state index is 10.7. The molecule has 0 aliphatic heterocycles. The van der Waals surface area contributed by atoms with Gasteiger partial charge in [-0.25, -0.2) is 4.99 Å². The largest absolute Gasteiger partial charge is 0.326 e. The lowest BCUT2D eigenvalue weighted by Crippen LogP contribution is -2.05. The van der Waals surface area contributed by atoms with Gasteiger partial charge in [-0.3, -0.25) is 15.5 Å². The van der Waals surface area contributed by atoms with Crippen LogP contribution < -0.4 is 10.8 Å². The third-order valence-corrected chi connectivity index (χ3v) is 1.44. The molecule has 74 valence electrons. The van der Waals surface area contributed by atoms with E-state index in [4.69, 9.17) is 5.21 Å². The average molecular weight is 193 g/mol. The summed E-state index contributed by atoms with van der Waals surface area (Å²) in [5.41, 5.74) is 3.11. The first-order chi connectivity index (χ1) is 6.72. The molecule has 5 nitrogen and oxygen atoms in total. The minimum atomic E-state index is -0.133. The van der Waals surface area contributed by atoms with Crippen LogP contribution in [0.4, 0.5) is 11.4 Å². The number of aliphatic imine (C=N–C) groups is 1. The molecule has 3 N–H and O–H groups in total. The fraction of sp³-hybridized carbons (Fsp3) is 0.111. The Morgan fingerprint density at radius 2 is 2.36 bits per heavy atom. The molecule has 0 bridgehead atoms. The molecule has 0 aromatic heterocycles. The van der Waals surface area contributed by atoms with E-state index >= 15 is 0 Å². The average Bonchev–Trinajstić information content (AvgIpc) is 2.14. The molecule has 1 aromatic carbocycles. The Bertz CT molecular complexity index is 350. The number of hydrogen-bond acceptors (Lipinski definition) is 3. The second kappa shape index (κ2) is 4.98. The molecule has 0 saturated carbocycles. The first-order valence-corrected chi connectivity index (χ1v) is 4.02. The van der Waals surface area contributed by atoms with Gasteiger partial charge in [0.2, 0.25) is 5.91 Å². The summed E-state index contributed by atoms with van der Waals surface area (Å²) in [7, 11) is 0. The molecule has 1 rings (SSSR count). The molecule has 0 fully saturated rings. The second-order valence-corrected chi connectivity index (χ2v) is 2.62. The number of nitrogens with zero attached hydrogens (tertiary/aromatic N) is 1. The number of anilines is 1. The molecule has 1 amide bonds. The van der Waals surface area contributed by atoms with Crippen molar-refractivity contribution in [2.75, 3.05) is 5.32 Å². The van der Waals surface area contributed by atoms with E-state index in [-0.39, 0.29) is 5.91 Å². The monoisotopic (exact) mass is 193 g/mol. The van der Waals surface area contributed by atoms with Gasteiger partial charge in [-0.1, -0.05) is 6.07 Å². The van der Waals surface area contributed by atoms with Crippen molar-refractivity contribution < 1.29 is 10.0 Å². The predicted molar refractivity (Wildman–Crippen MR) is 53.8 cm³/mol. The van der Waals surface area contributed by atoms with Gasteiger partial charge in [-0.05, 0) is 18.2 Å². The van der Waals surface area contributed by atoms with Crippen LogP contribution in [0.25, 0.3) is 0 Å². The van der Waals surface area contributed by atoms with E-state index in [1.54, 1.807) is 29.7 Å². The predicted octanol–water partition coefficient (Wildman–Crippen LogP) is 1.28. The highest BCUT2D eigenvalue weighted by molar-refractivity contribution is 5.89. The number of rotatable bonds is 3. The number of amides is 1. The number of carbonyl (C=O) groups is 1. The number of hydrogen-bond donors (Lipinski definition) is 3. The van der Waals surface area contributed by atoms with Crippen molar-refractivity contribution in [1.82, 2.24) is 5.48 Å². The summed E-state index contributed by atoms with van der Waals surface area (Å²) in [5, 5.41) is 10.9. The summed E-state index contributed by atoms with van der Waals surface area (Å²) in [5.74, 6) is -0.133. The van der Waals surface area contributed by atoms with Crippen molar-refractivity contribution >= 4 is 23.6 Å². The summed E-state index contributed by atoms with van der Waals surface area (Å²) in [6.07, 6.45) is 1.15. The van der Waals surface area contributed by atoms with Crippen LogP contribution in [0.15, 0.2) is 29.3 Å². The van der Waals surface area contributed by atoms with Crippen molar-refractivity contribution in [2.24, 2.45) is 4.99 Å². The Hall–Kier alpha value is -1.88. The standard InChI is InChI=1S/C9H11N3O2/c1-7(13)12-9-4-2-3-8(5-9)10-6-11-14/h2-6,14H,1H3,(H,10,11)(H,12,13). The van der Waals surface area contributed by atoms with Crippen molar-refractivity contribution in [3.05, 3.63) is 24.3 Å². The second-order valence-electron chi connectivity index (χ2n) is 2.62. The molecule has 0 unspecified atom stereocenters. The van der Waals surface area contributed by atoms with Gasteiger partial charge in [0.1, 0.15) is 6.34 Å². The lowest BCUT2D eigenvalue weighted by molar-refractivity contribution is -0.114. The first kappa shape index (κ1) is 10.2. The van der Waals surface area contributed by atoms with Gasteiger partial charge in [-0.2, -0.15) is 0 Å². The summed E-state index contributed by atoms with van der Waals surface area (Å²) in [6, 6.07) is 6.95. The fourth-order valence-corrected chi connectivity index (χ4v) is 0.971. The maximum Gasteiger partial charge on any atom is 0.221 e. The Morgan fingerprint density at radius 3 is 3.00 bits per heavy atom. The van der Waals surface area contributed by atoms with Gasteiger partial charge in [0.25, 0.3) is 0 Å².